The van der Waals surface area contributed by atoms with Gasteiger partial charge in [-0.15, -0.1) is 0 Å². The van der Waals surface area contributed by atoms with Crippen molar-refractivity contribution in [3.05, 3.63) is 17.0 Å². The van der Waals surface area contributed by atoms with Crippen molar-refractivity contribution < 1.29 is 19.5 Å². The van der Waals surface area contributed by atoms with Crippen molar-refractivity contribution in [3.63, 3.8) is 0 Å². The molecular weight excluding hydrogens is 298 g/mol. The number of piperidine rings is 1. The number of hydrogen-bond acceptors (Lipinski definition) is 6. The van der Waals surface area contributed by atoms with Crippen molar-refractivity contribution in [2.24, 2.45) is 5.41 Å². The maximum Gasteiger partial charge on any atom is 0.232 e. The number of β-amino-alcohol motifs (C(OH)–C–C–N with tert-alkyl or cyclic N) is 1. The standard InChI is InChI=1S/C16H25N3O4/c1-11-14(12(2)23-17-11)7-19-10-16(15(19)22)4-3-5-18(9-16)6-13(21)8-20/h13,20-21H,3-10H2,1-2H3. The van der Waals surface area contributed by atoms with Gasteiger partial charge >= 0.3 is 0 Å². The quantitative estimate of drug-likeness (QED) is 0.745. The van der Waals surface area contributed by atoms with Crippen LogP contribution >= 0.6 is 0 Å². The van der Waals surface area contributed by atoms with Crippen molar-refractivity contribution in [2.45, 2.75) is 39.3 Å². The van der Waals surface area contributed by atoms with E-state index in [1.165, 1.54) is 0 Å². The van der Waals surface area contributed by atoms with Crippen molar-refractivity contribution >= 4 is 5.91 Å². The van der Waals surface area contributed by atoms with Crippen LogP contribution in [0.1, 0.15) is 29.9 Å². The highest BCUT2D eigenvalue weighted by molar-refractivity contribution is 5.89. The van der Waals surface area contributed by atoms with Crippen LogP contribution in [0, 0.1) is 19.3 Å². The molecule has 128 valence electrons. The van der Waals surface area contributed by atoms with Crippen LogP contribution in [0.4, 0.5) is 0 Å². The zero-order chi connectivity index (χ0) is 16.6. The largest absolute Gasteiger partial charge is 0.394 e. The molecule has 7 heteroatoms. The Morgan fingerprint density at radius 1 is 1.39 bits per heavy atom. The monoisotopic (exact) mass is 323 g/mol. The molecule has 7 nitrogen and oxygen atoms in total. The van der Waals surface area contributed by atoms with Crippen molar-refractivity contribution in [3.8, 4) is 0 Å². The van der Waals surface area contributed by atoms with E-state index in [2.05, 4.69) is 10.1 Å². The molecule has 0 aromatic carbocycles. The van der Waals surface area contributed by atoms with Crippen molar-refractivity contribution in [1.82, 2.24) is 15.0 Å². The lowest BCUT2D eigenvalue weighted by molar-refractivity contribution is -0.168. The van der Waals surface area contributed by atoms with Gasteiger partial charge in [0.25, 0.3) is 0 Å². The Kier molecular flexibility index (Phi) is 4.44. The fraction of sp³-hybridized carbons (Fsp3) is 0.750. The normalized spacial score (nSPS) is 26.6. The minimum atomic E-state index is -0.737. The van der Waals surface area contributed by atoms with Crippen LogP contribution in [-0.4, -0.2) is 70.0 Å². The maximum absolute atomic E-state index is 12.7. The van der Waals surface area contributed by atoms with E-state index < -0.39 is 6.10 Å². The first-order valence-corrected chi connectivity index (χ1v) is 8.17. The molecule has 2 fully saturated rings. The van der Waals surface area contributed by atoms with Gasteiger partial charge in [-0.3, -0.25) is 9.69 Å². The summed E-state index contributed by atoms with van der Waals surface area (Å²) in [5.74, 6) is 0.952. The first-order valence-electron chi connectivity index (χ1n) is 8.17. The van der Waals surface area contributed by atoms with Gasteiger partial charge < -0.3 is 19.6 Å². The van der Waals surface area contributed by atoms with Gasteiger partial charge in [0.2, 0.25) is 5.91 Å². The van der Waals surface area contributed by atoms with E-state index in [0.717, 1.165) is 42.9 Å². The Morgan fingerprint density at radius 2 is 2.17 bits per heavy atom. The van der Waals surface area contributed by atoms with E-state index >= 15 is 0 Å². The number of nitrogens with zero attached hydrogens (tertiary/aromatic N) is 3. The van der Waals surface area contributed by atoms with E-state index in [1.807, 2.05) is 18.7 Å². The molecule has 23 heavy (non-hydrogen) atoms. The SMILES string of the molecule is Cc1noc(C)c1CN1CC2(CCCN(CC(O)CO)C2)C1=O. The number of β-lactam (4-membered cyclic amide) rings is 1. The number of amides is 1. The molecule has 1 aromatic rings. The van der Waals surface area contributed by atoms with E-state index in [1.54, 1.807) is 0 Å². The molecule has 2 unspecified atom stereocenters. The Hall–Kier alpha value is -1.44. The summed E-state index contributed by atoms with van der Waals surface area (Å²) in [6.45, 7) is 6.78. The number of aromatic nitrogens is 1. The molecule has 1 spiro atoms. The van der Waals surface area contributed by atoms with Crippen LogP contribution in [0.5, 0.6) is 0 Å². The number of aliphatic hydroxyl groups is 2. The molecule has 1 amide bonds. The summed E-state index contributed by atoms with van der Waals surface area (Å²) in [7, 11) is 0. The molecule has 2 N–H and O–H groups in total. The van der Waals surface area contributed by atoms with Crippen LogP contribution in [0.3, 0.4) is 0 Å². The van der Waals surface area contributed by atoms with Gasteiger partial charge in [-0.1, -0.05) is 5.16 Å². The number of aryl methyl sites for hydroxylation is 2. The zero-order valence-electron chi connectivity index (χ0n) is 13.8. The Morgan fingerprint density at radius 3 is 2.78 bits per heavy atom. The van der Waals surface area contributed by atoms with Crippen LogP contribution in [0.2, 0.25) is 0 Å². The highest BCUT2D eigenvalue weighted by Crippen LogP contribution is 2.41. The Bertz CT molecular complexity index is 568. The fourth-order valence-electron chi connectivity index (χ4n) is 3.84. The number of hydrogen-bond donors (Lipinski definition) is 2. The highest BCUT2D eigenvalue weighted by atomic mass is 16.5. The van der Waals surface area contributed by atoms with Gasteiger partial charge in [-0.2, -0.15) is 0 Å². The number of carbonyl (C=O) groups is 1. The summed E-state index contributed by atoms with van der Waals surface area (Å²) in [6.07, 6.45) is 1.11. The summed E-state index contributed by atoms with van der Waals surface area (Å²) < 4.78 is 5.16. The molecule has 2 saturated heterocycles. The average molecular weight is 323 g/mol. The fourth-order valence-corrected chi connectivity index (χ4v) is 3.84. The van der Waals surface area contributed by atoms with Crippen molar-refractivity contribution in [2.75, 3.05) is 32.8 Å². The lowest BCUT2D eigenvalue weighted by Gasteiger charge is -2.53. The van der Waals surface area contributed by atoms with Gasteiger partial charge in [-0.25, -0.2) is 0 Å². The van der Waals surface area contributed by atoms with E-state index in [9.17, 15) is 9.90 Å². The molecule has 3 rings (SSSR count). The number of likely N-dealkylation sites (tertiary alicyclic amines) is 2. The van der Waals surface area contributed by atoms with Gasteiger partial charge in [0.05, 0.1) is 30.4 Å². The van der Waals surface area contributed by atoms with Crippen molar-refractivity contribution in [1.29, 1.82) is 0 Å². The third-order valence-corrected chi connectivity index (χ3v) is 5.10. The van der Waals surface area contributed by atoms with Crippen LogP contribution in [-0.2, 0) is 11.3 Å². The lowest BCUT2D eigenvalue weighted by atomic mass is 9.72. The minimum absolute atomic E-state index is 0.181. The Labute approximate surface area is 135 Å². The van der Waals surface area contributed by atoms with E-state index in [-0.39, 0.29) is 17.9 Å². The summed E-state index contributed by atoms with van der Waals surface area (Å²) in [5, 5.41) is 22.5. The first-order chi connectivity index (χ1) is 10.9. The van der Waals surface area contributed by atoms with Gasteiger partial charge in [0, 0.05) is 25.2 Å². The predicted octanol–water partition coefficient (Wildman–Crippen LogP) is 0.0690. The highest BCUT2D eigenvalue weighted by Gasteiger charge is 2.53. The number of aliphatic hydroxyl groups excluding tert-OH is 2. The van der Waals surface area contributed by atoms with E-state index in [0.29, 0.717) is 19.6 Å². The van der Waals surface area contributed by atoms with Gasteiger partial charge in [-0.05, 0) is 33.2 Å². The van der Waals surface area contributed by atoms with Gasteiger partial charge in [0.1, 0.15) is 5.76 Å². The molecule has 0 saturated carbocycles. The second kappa shape index (κ2) is 6.22. The summed E-state index contributed by atoms with van der Waals surface area (Å²) in [6, 6.07) is 0. The van der Waals surface area contributed by atoms with E-state index in [4.69, 9.17) is 9.63 Å². The molecule has 2 aliphatic heterocycles. The third-order valence-electron chi connectivity index (χ3n) is 5.10. The molecular formula is C16H25N3O4. The first kappa shape index (κ1) is 16.4. The number of rotatable bonds is 5. The molecule has 3 heterocycles. The summed E-state index contributed by atoms with van der Waals surface area (Å²) >= 11 is 0. The van der Waals surface area contributed by atoms with Crippen LogP contribution in [0.25, 0.3) is 0 Å². The van der Waals surface area contributed by atoms with Crippen LogP contribution in [0.15, 0.2) is 4.52 Å². The second-order valence-corrected chi connectivity index (χ2v) is 6.92. The third kappa shape index (κ3) is 3.00. The van der Waals surface area contributed by atoms with Gasteiger partial charge in [0.15, 0.2) is 0 Å². The summed E-state index contributed by atoms with van der Waals surface area (Å²) in [5.41, 5.74) is 1.52. The molecule has 1 aromatic heterocycles. The molecule has 0 aliphatic carbocycles. The molecule has 0 bridgehead atoms. The smallest absolute Gasteiger partial charge is 0.232 e. The lowest BCUT2D eigenvalue weighted by Crippen LogP contribution is -2.66. The second-order valence-electron chi connectivity index (χ2n) is 6.92. The average Bonchev–Trinajstić information content (AvgIpc) is 2.86. The predicted molar refractivity (Wildman–Crippen MR) is 82.6 cm³/mol. The minimum Gasteiger partial charge on any atom is -0.394 e. The summed E-state index contributed by atoms with van der Waals surface area (Å²) in [4.78, 5) is 16.7. The maximum atomic E-state index is 12.7. The topological polar surface area (TPSA) is 90.0 Å². The zero-order valence-corrected chi connectivity index (χ0v) is 13.8. The van der Waals surface area contributed by atoms with Crippen LogP contribution < -0.4 is 0 Å². The Balaban J connectivity index is 1.61. The number of carbonyl (C=O) groups excluding carboxylic acids is 1. The molecule has 2 atom stereocenters. The molecule has 2 aliphatic rings. The molecule has 0 radical (unpaired) electrons.